The average molecular weight is 451 g/mol. The maximum absolute atomic E-state index is 9.10. The van der Waals surface area contributed by atoms with Crippen LogP contribution in [0.2, 0.25) is 0 Å². The van der Waals surface area contributed by atoms with Gasteiger partial charge in [-0.2, -0.15) is 4.98 Å². The fourth-order valence-corrected chi connectivity index (χ4v) is 3.47. The Kier molecular flexibility index (Phi) is 6.99. The summed E-state index contributed by atoms with van der Waals surface area (Å²) in [6.07, 6.45) is 2.42. The van der Waals surface area contributed by atoms with Gasteiger partial charge in [0.05, 0.1) is 5.92 Å². The second-order valence-corrected chi connectivity index (χ2v) is 8.18. The molecule has 0 bridgehead atoms. The minimum Gasteiger partial charge on any atom is -0.489 e. The van der Waals surface area contributed by atoms with Crippen molar-refractivity contribution in [1.82, 2.24) is 15.0 Å². The molecule has 0 amide bonds. The van der Waals surface area contributed by atoms with E-state index in [1.165, 1.54) is 24.0 Å². The summed E-state index contributed by atoms with van der Waals surface area (Å²) < 4.78 is 11.3. The van der Waals surface area contributed by atoms with Crippen LogP contribution in [-0.2, 0) is 22.7 Å². The molecule has 1 aromatic heterocycles. The molecule has 3 aromatic rings. The largest absolute Gasteiger partial charge is 0.489 e. The predicted molar refractivity (Wildman–Crippen MR) is 117 cm³/mol. The van der Waals surface area contributed by atoms with Crippen LogP contribution in [0.25, 0.3) is 0 Å². The number of hydrogen-bond donors (Lipinski definition) is 2. The minimum atomic E-state index is -1.82. The molecule has 0 radical (unpaired) electrons. The summed E-state index contributed by atoms with van der Waals surface area (Å²) >= 11 is 0. The third-order valence-corrected chi connectivity index (χ3v) is 5.47. The highest BCUT2D eigenvalue weighted by Gasteiger charge is 2.35. The molecule has 9 nitrogen and oxygen atoms in total. The van der Waals surface area contributed by atoms with Gasteiger partial charge in [0, 0.05) is 25.6 Å². The number of likely N-dealkylation sites (tertiary alicyclic amines) is 1. The molecule has 0 spiro atoms. The molecule has 2 aliphatic rings. The minimum absolute atomic E-state index is 0.387. The number of benzene rings is 2. The van der Waals surface area contributed by atoms with Gasteiger partial charge in [-0.1, -0.05) is 47.6 Å². The molecule has 5 rings (SSSR count). The fourth-order valence-electron chi connectivity index (χ4n) is 3.47. The van der Waals surface area contributed by atoms with Gasteiger partial charge in [-0.05, 0) is 36.1 Å². The van der Waals surface area contributed by atoms with Crippen LogP contribution < -0.4 is 4.74 Å². The molecule has 0 atom stereocenters. The van der Waals surface area contributed by atoms with Crippen molar-refractivity contribution in [3.63, 3.8) is 0 Å². The van der Waals surface area contributed by atoms with Crippen molar-refractivity contribution >= 4 is 11.9 Å². The van der Waals surface area contributed by atoms with E-state index in [0.717, 1.165) is 37.1 Å². The normalized spacial score (nSPS) is 15.8. The number of hydrogen-bond acceptors (Lipinski definition) is 7. The van der Waals surface area contributed by atoms with Crippen LogP contribution in [0.5, 0.6) is 5.75 Å². The van der Waals surface area contributed by atoms with Gasteiger partial charge in [-0.15, -0.1) is 0 Å². The molecule has 172 valence electrons. The lowest BCUT2D eigenvalue weighted by molar-refractivity contribution is -0.159. The van der Waals surface area contributed by atoms with Crippen LogP contribution in [-0.4, -0.2) is 50.3 Å². The van der Waals surface area contributed by atoms with E-state index < -0.39 is 11.9 Å². The zero-order valence-electron chi connectivity index (χ0n) is 18.0. The van der Waals surface area contributed by atoms with Crippen molar-refractivity contribution < 1.29 is 29.1 Å². The second kappa shape index (κ2) is 10.3. The van der Waals surface area contributed by atoms with Gasteiger partial charge in [0.2, 0.25) is 5.89 Å². The van der Waals surface area contributed by atoms with Crippen molar-refractivity contribution in [2.24, 2.45) is 0 Å². The Morgan fingerprint density at radius 2 is 1.61 bits per heavy atom. The first-order valence-corrected chi connectivity index (χ1v) is 10.8. The van der Waals surface area contributed by atoms with Crippen LogP contribution in [0.15, 0.2) is 59.1 Å². The number of aromatic nitrogens is 2. The maximum atomic E-state index is 9.10. The molecule has 1 aliphatic carbocycles. The zero-order valence-corrected chi connectivity index (χ0v) is 18.0. The van der Waals surface area contributed by atoms with Crippen molar-refractivity contribution in [3.8, 4) is 5.75 Å². The van der Waals surface area contributed by atoms with Gasteiger partial charge >= 0.3 is 11.9 Å². The van der Waals surface area contributed by atoms with Crippen LogP contribution in [0.4, 0.5) is 0 Å². The highest BCUT2D eigenvalue weighted by atomic mass is 16.5. The van der Waals surface area contributed by atoms with E-state index in [9.17, 15) is 0 Å². The van der Waals surface area contributed by atoms with Gasteiger partial charge in [-0.3, -0.25) is 4.90 Å². The van der Waals surface area contributed by atoms with Crippen molar-refractivity contribution in [1.29, 1.82) is 0 Å². The van der Waals surface area contributed by atoms with Gasteiger partial charge in [0.15, 0.2) is 5.82 Å². The van der Waals surface area contributed by atoms with Crippen LogP contribution in [0, 0.1) is 0 Å². The maximum Gasteiger partial charge on any atom is 0.414 e. The summed E-state index contributed by atoms with van der Waals surface area (Å²) in [6, 6.07) is 18.6. The lowest BCUT2D eigenvalue weighted by atomic mass is 9.99. The number of rotatable bonds is 7. The second-order valence-electron chi connectivity index (χ2n) is 8.18. The van der Waals surface area contributed by atoms with Gasteiger partial charge in [-0.25, -0.2) is 9.59 Å². The molecule has 9 heteroatoms. The van der Waals surface area contributed by atoms with E-state index in [2.05, 4.69) is 51.4 Å². The molecule has 1 saturated carbocycles. The summed E-state index contributed by atoms with van der Waals surface area (Å²) in [4.78, 5) is 25.2. The Morgan fingerprint density at radius 1 is 0.939 bits per heavy atom. The summed E-state index contributed by atoms with van der Waals surface area (Å²) in [5.41, 5.74) is 2.48. The molecule has 1 aliphatic heterocycles. The first-order valence-electron chi connectivity index (χ1n) is 10.8. The third kappa shape index (κ3) is 6.39. The zero-order chi connectivity index (χ0) is 23.2. The summed E-state index contributed by atoms with van der Waals surface area (Å²) in [7, 11) is 0. The molecule has 2 heterocycles. The summed E-state index contributed by atoms with van der Waals surface area (Å²) in [5.74, 6) is -0.0697. The standard InChI is InChI=1S/C22H23N3O2.C2H2O4/c1-2-4-17(5-3-1)15-26-20-10-6-16(7-11-20)12-25-13-19(14-25)22-23-21(24-27-22)18-8-9-18;3-1(4)2(5)6/h1-7,10-11,18-19H,8-9,12-15H2;(H,3,4)(H,5,6). The lowest BCUT2D eigenvalue weighted by Crippen LogP contribution is -2.44. The molecular weight excluding hydrogens is 426 g/mol. The number of carbonyl (C=O) groups is 2. The fraction of sp³-hybridized carbons (Fsp3) is 0.333. The molecule has 2 N–H and O–H groups in total. The highest BCUT2D eigenvalue weighted by Crippen LogP contribution is 2.39. The van der Waals surface area contributed by atoms with Gasteiger partial charge < -0.3 is 19.5 Å². The Labute approximate surface area is 190 Å². The van der Waals surface area contributed by atoms with E-state index in [1.807, 2.05) is 18.2 Å². The predicted octanol–water partition coefficient (Wildman–Crippen LogP) is 3.28. The monoisotopic (exact) mass is 451 g/mol. The van der Waals surface area contributed by atoms with E-state index in [4.69, 9.17) is 29.1 Å². The summed E-state index contributed by atoms with van der Waals surface area (Å²) in [5, 5.41) is 18.9. The molecular formula is C24H25N3O6. The number of ether oxygens (including phenoxy) is 1. The van der Waals surface area contributed by atoms with Crippen molar-refractivity contribution in [2.75, 3.05) is 13.1 Å². The molecule has 1 saturated heterocycles. The Hall–Kier alpha value is -3.72. The van der Waals surface area contributed by atoms with Crippen molar-refractivity contribution in [3.05, 3.63) is 77.4 Å². The Bertz CT molecular complexity index is 1060. The highest BCUT2D eigenvalue weighted by molar-refractivity contribution is 6.27. The number of aliphatic carboxylic acids is 2. The number of nitrogens with zero attached hydrogens (tertiary/aromatic N) is 3. The van der Waals surface area contributed by atoms with E-state index in [-0.39, 0.29) is 0 Å². The first kappa shape index (κ1) is 22.5. The smallest absolute Gasteiger partial charge is 0.414 e. The van der Waals surface area contributed by atoms with E-state index in [0.29, 0.717) is 18.4 Å². The number of carboxylic acid groups (broad SMARTS) is 2. The molecule has 0 unspecified atom stereocenters. The lowest BCUT2D eigenvalue weighted by Gasteiger charge is -2.37. The molecule has 33 heavy (non-hydrogen) atoms. The van der Waals surface area contributed by atoms with Gasteiger partial charge in [0.25, 0.3) is 0 Å². The van der Waals surface area contributed by atoms with Crippen molar-refractivity contribution in [2.45, 2.75) is 37.8 Å². The van der Waals surface area contributed by atoms with Gasteiger partial charge in [0.1, 0.15) is 12.4 Å². The Morgan fingerprint density at radius 3 is 2.21 bits per heavy atom. The topological polar surface area (TPSA) is 126 Å². The third-order valence-electron chi connectivity index (χ3n) is 5.47. The number of carboxylic acids is 2. The Balaban J connectivity index is 0.000000385. The molecule has 2 fully saturated rings. The SMILES string of the molecule is O=C(O)C(=O)O.c1ccc(COc2ccc(CN3CC(c4nc(C5CC5)no4)C3)cc2)cc1. The average Bonchev–Trinajstić information content (AvgIpc) is 3.54. The quantitative estimate of drug-likeness (QED) is 0.520. The van der Waals surface area contributed by atoms with Crippen LogP contribution in [0.1, 0.15) is 47.5 Å². The molecule has 2 aromatic carbocycles. The van der Waals surface area contributed by atoms with E-state index in [1.54, 1.807) is 0 Å². The van der Waals surface area contributed by atoms with Crippen LogP contribution >= 0.6 is 0 Å². The van der Waals surface area contributed by atoms with E-state index >= 15 is 0 Å². The first-order chi connectivity index (χ1) is 16.0. The van der Waals surface area contributed by atoms with Crippen LogP contribution in [0.3, 0.4) is 0 Å². The summed E-state index contributed by atoms with van der Waals surface area (Å²) in [6.45, 7) is 3.51.